The maximum atomic E-state index is 12.0. The minimum atomic E-state index is -0.581. The number of rotatable bonds is 4. The lowest BCUT2D eigenvalue weighted by molar-refractivity contribution is -0.119. The summed E-state index contributed by atoms with van der Waals surface area (Å²) in [6, 6.07) is 15.9. The predicted molar refractivity (Wildman–Crippen MR) is 88.7 cm³/mol. The molecule has 0 atom stereocenters. The number of esters is 1. The van der Waals surface area contributed by atoms with Crippen molar-refractivity contribution in [3.05, 3.63) is 65.3 Å². The second-order valence-electron chi connectivity index (χ2n) is 4.90. The number of amides is 1. The van der Waals surface area contributed by atoms with E-state index in [0.29, 0.717) is 16.4 Å². The zero-order valence-electron chi connectivity index (χ0n) is 12.0. The van der Waals surface area contributed by atoms with Gasteiger partial charge >= 0.3 is 5.97 Å². The number of anilines is 1. The molecule has 0 fully saturated rings. The molecule has 0 saturated heterocycles. The molecule has 0 spiro atoms. The van der Waals surface area contributed by atoms with Gasteiger partial charge in [0.1, 0.15) is 5.69 Å². The topological polar surface area (TPSA) is 71.2 Å². The van der Waals surface area contributed by atoms with Crippen molar-refractivity contribution in [1.29, 1.82) is 0 Å². The molecule has 6 heteroatoms. The minimum absolute atomic E-state index is 0.307. The predicted octanol–water partition coefficient (Wildman–Crippen LogP) is 3.62. The lowest BCUT2D eigenvalue weighted by atomic mass is 10.2. The first-order chi connectivity index (χ1) is 11.1. The van der Waals surface area contributed by atoms with Crippen LogP contribution in [0, 0.1) is 0 Å². The molecular weight excluding hydrogens is 316 g/mol. The third-order valence-corrected chi connectivity index (χ3v) is 3.43. The first-order valence-corrected chi connectivity index (χ1v) is 7.30. The highest BCUT2D eigenvalue weighted by atomic mass is 35.5. The standard InChI is InChI=1S/C17H13ClN2O3/c18-12-5-3-6-13(9-12)19-16(21)10-23-17(22)15-8-11-4-1-2-7-14(11)20-15/h1-9,20H,10H2,(H,19,21). The van der Waals surface area contributed by atoms with Crippen LogP contribution in [0.5, 0.6) is 0 Å². The average Bonchev–Trinajstić information content (AvgIpc) is 2.97. The number of carbonyl (C=O) groups excluding carboxylic acids is 2. The van der Waals surface area contributed by atoms with Crippen LogP contribution >= 0.6 is 11.6 Å². The fourth-order valence-corrected chi connectivity index (χ4v) is 2.35. The van der Waals surface area contributed by atoms with Crippen LogP contribution in [0.25, 0.3) is 10.9 Å². The number of nitrogens with one attached hydrogen (secondary N) is 2. The molecule has 2 aromatic carbocycles. The fraction of sp³-hybridized carbons (Fsp3) is 0.0588. The summed E-state index contributed by atoms with van der Waals surface area (Å²) in [5, 5.41) is 4.02. The third kappa shape index (κ3) is 3.70. The number of halogens is 1. The van der Waals surface area contributed by atoms with Gasteiger partial charge in [-0.1, -0.05) is 35.9 Å². The van der Waals surface area contributed by atoms with E-state index in [1.54, 1.807) is 30.3 Å². The molecule has 0 unspecified atom stereocenters. The molecule has 1 heterocycles. The van der Waals surface area contributed by atoms with Gasteiger partial charge in [-0.2, -0.15) is 0 Å². The summed E-state index contributed by atoms with van der Waals surface area (Å²) >= 11 is 5.83. The van der Waals surface area contributed by atoms with Crippen LogP contribution in [0.15, 0.2) is 54.6 Å². The highest BCUT2D eigenvalue weighted by molar-refractivity contribution is 6.30. The van der Waals surface area contributed by atoms with Crippen molar-refractivity contribution in [3.8, 4) is 0 Å². The maximum absolute atomic E-state index is 12.0. The van der Waals surface area contributed by atoms with Gasteiger partial charge in [-0.15, -0.1) is 0 Å². The van der Waals surface area contributed by atoms with Gasteiger partial charge in [0.25, 0.3) is 5.91 Å². The Bertz CT molecular complexity index is 840. The smallest absolute Gasteiger partial charge is 0.355 e. The molecule has 1 amide bonds. The van der Waals surface area contributed by atoms with Gasteiger partial charge in [-0.3, -0.25) is 4.79 Å². The van der Waals surface area contributed by atoms with Crippen molar-refractivity contribution >= 4 is 40.1 Å². The number of benzene rings is 2. The van der Waals surface area contributed by atoms with Gasteiger partial charge in [-0.25, -0.2) is 4.79 Å². The molecule has 1 aromatic heterocycles. The van der Waals surface area contributed by atoms with Gasteiger partial charge < -0.3 is 15.0 Å². The molecule has 5 nitrogen and oxygen atoms in total. The Morgan fingerprint density at radius 2 is 1.91 bits per heavy atom. The second-order valence-corrected chi connectivity index (χ2v) is 5.34. The average molecular weight is 329 g/mol. The molecule has 0 aliphatic carbocycles. The molecular formula is C17H13ClN2O3. The highest BCUT2D eigenvalue weighted by Crippen LogP contribution is 2.16. The van der Waals surface area contributed by atoms with E-state index in [1.165, 1.54) is 0 Å². The highest BCUT2D eigenvalue weighted by Gasteiger charge is 2.13. The van der Waals surface area contributed by atoms with E-state index in [1.807, 2.05) is 24.3 Å². The molecule has 3 aromatic rings. The van der Waals surface area contributed by atoms with Crippen molar-refractivity contribution in [2.24, 2.45) is 0 Å². The molecule has 116 valence electrons. The Morgan fingerprint density at radius 1 is 1.09 bits per heavy atom. The van der Waals surface area contributed by atoms with Crippen LogP contribution in [0.1, 0.15) is 10.5 Å². The Kier molecular flexibility index (Phi) is 4.30. The lowest BCUT2D eigenvalue weighted by Gasteiger charge is -2.06. The largest absolute Gasteiger partial charge is 0.451 e. The molecule has 0 aliphatic rings. The van der Waals surface area contributed by atoms with Crippen LogP contribution in [0.2, 0.25) is 5.02 Å². The van der Waals surface area contributed by atoms with Crippen molar-refractivity contribution in [1.82, 2.24) is 4.98 Å². The number of hydrogen-bond acceptors (Lipinski definition) is 3. The molecule has 0 aliphatic heterocycles. The number of ether oxygens (including phenoxy) is 1. The van der Waals surface area contributed by atoms with E-state index < -0.39 is 11.9 Å². The van der Waals surface area contributed by atoms with Crippen LogP contribution in [-0.2, 0) is 9.53 Å². The molecule has 0 radical (unpaired) electrons. The van der Waals surface area contributed by atoms with Gasteiger partial charge in [0, 0.05) is 21.6 Å². The number of aromatic nitrogens is 1. The summed E-state index contributed by atoms with van der Waals surface area (Å²) in [4.78, 5) is 26.7. The molecule has 3 rings (SSSR count). The molecule has 23 heavy (non-hydrogen) atoms. The van der Waals surface area contributed by atoms with E-state index in [9.17, 15) is 9.59 Å². The summed E-state index contributed by atoms with van der Waals surface area (Å²) in [5.74, 6) is -1.01. The normalized spacial score (nSPS) is 10.5. The first-order valence-electron chi connectivity index (χ1n) is 6.92. The number of fused-ring (bicyclic) bond motifs is 1. The maximum Gasteiger partial charge on any atom is 0.355 e. The Balaban J connectivity index is 1.59. The SMILES string of the molecule is O=C(COC(=O)c1cc2ccccc2[nH]1)Nc1cccc(Cl)c1. The fourth-order valence-electron chi connectivity index (χ4n) is 2.16. The second kappa shape index (κ2) is 6.54. The lowest BCUT2D eigenvalue weighted by Crippen LogP contribution is -2.21. The van der Waals surface area contributed by atoms with E-state index in [0.717, 1.165) is 10.9 Å². The van der Waals surface area contributed by atoms with Crippen LogP contribution in [-0.4, -0.2) is 23.5 Å². The van der Waals surface area contributed by atoms with Gasteiger partial charge in [0.15, 0.2) is 6.61 Å². The zero-order valence-corrected chi connectivity index (χ0v) is 12.8. The van der Waals surface area contributed by atoms with Crippen LogP contribution < -0.4 is 5.32 Å². The number of para-hydroxylation sites is 1. The Hall–Kier alpha value is -2.79. The molecule has 0 saturated carbocycles. The van der Waals surface area contributed by atoms with Gasteiger partial charge in [-0.05, 0) is 30.3 Å². The number of hydrogen-bond donors (Lipinski definition) is 2. The monoisotopic (exact) mass is 328 g/mol. The van der Waals surface area contributed by atoms with Crippen molar-refractivity contribution in [3.63, 3.8) is 0 Å². The number of aromatic amines is 1. The van der Waals surface area contributed by atoms with E-state index >= 15 is 0 Å². The summed E-state index contributed by atoms with van der Waals surface area (Å²) in [7, 11) is 0. The number of H-pyrrole nitrogens is 1. The molecule has 2 N–H and O–H groups in total. The zero-order chi connectivity index (χ0) is 16.2. The van der Waals surface area contributed by atoms with E-state index in [2.05, 4.69) is 10.3 Å². The van der Waals surface area contributed by atoms with E-state index in [-0.39, 0.29) is 6.61 Å². The van der Waals surface area contributed by atoms with Gasteiger partial charge in [0.2, 0.25) is 0 Å². The summed E-state index contributed by atoms with van der Waals surface area (Å²) in [6.07, 6.45) is 0. The van der Waals surface area contributed by atoms with Crippen LogP contribution in [0.4, 0.5) is 5.69 Å². The number of carbonyl (C=O) groups is 2. The Morgan fingerprint density at radius 3 is 2.70 bits per heavy atom. The summed E-state index contributed by atoms with van der Waals surface area (Å²) in [5.41, 5.74) is 1.69. The summed E-state index contributed by atoms with van der Waals surface area (Å²) in [6.45, 7) is -0.374. The first kappa shape index (κ1) is 15.1. The quantitative estimate of drug-likeness (QED) is 0.719. The van der Waals surface area contributed by atoms with Crippen molar-refractivity contribution < 1.29 is 14.3 Å². The van der Waals surface area contributed by atoms with E-state index in [4.69, 9.17) is 16.3 Å². The minimum Gasteiger partial charge on any atom is -0.451 e. The summed E-state index contributed by atoms with van der Waals surface area (Å²) < 4.78 is 5.01. The van der Waals surface area contributed by atoms with Gasteiger partial charge in [0.05, 0.1) is 0 Å². The Labute approximate surface area is 137 Å². The molecule has 0 bridgehead atoms. The van der Waals surface area contributed by atoms with Crippen LogP contribution in [0.3, 0.4) is 0 Å². The third-order valence-electron chi connectivity index (χ3n) is 3.19. The van der Waals surface area contributed by atoms with Crippen molar-refractivity contribution in [2.75, 3.05) is 11.9 Å². The van der Waals surface area contributed by atoms with Crippen molar-refractivity contribution in [2.45, 2.75) is 0 Å².